The van der Waals surface area contributed by atoms with E-state index in [1.54, 1.807) is 0 Å². The largest absolute Gasteiger partial charge is 0.381 e. The van der Waals surface area contributed by atoms with Crippen molar-refractivity contribution in [3.8, 4) is 0 Å². The molecule has 1 N–H and O–H groups in total. The molecular formula is C13H27NO. The van der Waals surface area contributed by atoms with Crippen molar-refractivity contribution in [1.82, 2.24) is 5.32 Å². The van der Waals surface area contributed by atoms with E-state index >= 15 is 0 Å². The second-order valence-corrected chi connectivity index (χ2v) is 4.73. The Morgan fingerprint density at radius 2 is 1.87 bits per heavy atom. The van der Waals surface area contributed by atoms with Gasteiger partial charge in [0.1, 0.15) is 0 Å². The zero-order chi connectivity index (χ0) is 11.1. The van der Waals surface area contributed by atoms with Crippen LogP contribution in [0, 0.1) is 5.92 Å². The van der Waals surface area contributed by atoms with Gasteiger partial charge in [0.05, 0.1) is 6.10 Å². The normalized spacial score (nSPS) is 29.0. The monoisotopic (exact) mass is 213 g/mol. The Balaban J connectivity index is 2.34. The van der Waals surface area contributed by atoms with Crippen molar-refractivity contribution in [2.24, 2.45) is 5.92 Å². The van der Waals surface area contributed by atoms with Crippen LogP contribution < -0.4 is 5.32 Å². The van der Waals surface area contributed by atoms with Crippen molar-refractivity contribution in [2.75, 3.05) is 13.7 Å². The summed E-state index contributed by atoms with van der Waals surface area (Å²) in [6, 6.07) is 0.748. The van der Waals surface area contributed by atoms with Crippen LogP contribution >= 0.6 is 0 Å². The predicted octanol–water partition coefficient (Wildman–Crippen LogP) is 2.97. The molecule has 1 aliphatic rings. The first-order valence-corrected chi connectivity index (χ1v) is 6.57. The highest BCUT2D eigenvalue weighted by molar-refractivity contribution is 4.81. The van der Waals surface area contributed by atoms with E-state index < -0.39 is 0 Å². The van der Waals surface area contributed by atoms with Crippen molar-refractivity contribution in [3.05, 3.63) is 0 Å². The highest BCUT2D eigenvalue weighted by Crippen LogP contribution is 2.29. The quantitative estimate of drug-likeness (QED) is 0.732. The zero-order valence-corrected chi connectivity index (χ0v) is 10.6. The van der Waals surface area contributed by atoms with E-state index in [1.807, 2.05) is 7.11 Å². The highest BCUT2D eigenvalue weighted by atomic mass is 16.5. The van der Waals surface area contributed by atoms with Crippen LogP contribution in [0.2, 0.25) is 0 Å². The molecule has 2 heteroatoms. The van der Waals surface area contributed by atoms with E-state index in [4.69, 9.17) is 4.74 Å². The Morgan fingerprint density at radius 1 is 1.20 bits per heavy atom. The molecule has 0 spiro atoms. The summed E-state index contributed by atoms with van der Waals surface area (Å²) < 4.78 is 5.42. The van der Waals surface area contributed by atoms with Gasteiger partial charge in [-0.15, -0.1) is 0 Å². The van der Waals surface area contributed by atoms with Gasteiger partial charge in [-0.25, -0.2) is 0 Å². The van der Waals surface area contributed by atoms with Crippen LogP contribution in [-0.2, 0) is 4.74 Å². The van der Waals surface area contributed by atoms with Crippen LogP contribution in [-0.4, -0.2) is 25.8 Å². The van der Waals surface area contributed by atoms with Gasteiger partial charge in [0.15, 0.2) is 0 Å². The molecule has 1 aliphatic carbocycles. The van der Waals surface area contributed by atoms with E-state index in [-0.39, 0.29) is 0 Å². The molecule has 15 heavy (non-hydrogen) atoms. The van der Waals surface area contributed by atoms with Crippen LogP contribution in [0.4, 0.5) is 0 Å². The molecule has 0 amide bonds. The predicted molar refractivity (Wildman–Crippen MR) is 65.1 cm³/mol. The van der Waals surface area contributed by atoms with Gasteiger partial charge >= 0.3 is 0 Å². The average molecular weight is 213 g/mol. The maximum absolute atomic E-state index is 5.42. The Kier molecular flexibility index (Phi) is 6.26. The molecule has 2 nitrogen and oxygen atoms in total. The van der Waals surface area contributed by atoms with Crippen molar-refractivity contribution < 1.29 is 4.74 Å². The standard InChI is InChI=1S/C13H27NO/c1-4-6-13(14-5-2)11-7-9-12(15-3)10-8-11/h11-14H,4-10H2,1-3H3. The lowest BCUT2D eigenvalue weighted by Gasteiger charge is -2.33. The molecule has 90 valence electrons. The first kappa shape index (κ1) is 13.0. The molecule has 0 aliphatic heterocycles. The third kappa shape index (κ3) is 4.12. The summed E-state index contributed by atoms with van der Waals surface area (Å²) >= 11 is 0. The second kappa shape index (κ2) is 7.24. The fourth-order valence-corrected chi connectivity index (χ4v) is 2.80. The Labute approximate surface area is 94.8 Å². The molecule has 0 aromatic heterocycles. The second-order valence-electron chi connectivity index (χ2n) is 4.73. The van der Waals surface area contributed by atoms with Gasteiger partial charge in [-0.2, -0.15) is 0 Å². The smallest absolute Gasteiger partial charge is 0.0571 e. The molecule has 0 aromatic carbocycles. The maximum atomic E-state index is 5.42. The molecule has 0 radical (unpaired) electrons. The minimum absolute atomic E-state index is 0.533. The van der Waals surface area contributed by atoms with E-state index in [9.17, 15) is 0 Å². The maximum Gasteiger partial charge on any atom is 0.0571 e. The van der Waals surface area contributed by atoms with E-state index in [1.165, 1.54) is 38.5 Å². The number of ether oxygens (including phenoxy) is 1. The van der Waals surface area contributed by atoms with Crippen LogP contribution in [0.25, 0.3) is 0 Å². The van der Waals surface area contributed by atoms with Gasteiger partial charge in [0, 0.05) is 13.2 Å². The topological polar surface area (TPSA) is 21.3 Å². The number of hydrogen-bond acceptors (Lipinski definition) is 2. The minimum atomic E-state index is 0.533. The molecule has 1 fully saturated rings. The van der Waals surface area contributed by atoms with Crippen LogP contribution in [0.5, 0.6) is 0 Å². The van der Waals surface area contributed by atoms with Crippen molar-refractivity contribution in [1.29, 1.82) is 0 Å². The molecule has 0 saturated heterocycles. The average Bonchev–Trinajstić information content (AvgIpc) is 2.29. The molecule has 1 atom stereocenters. The first-order chi connectivity index (χ1) is 7.31. The third-order valence-electron chi connectivity index (χ3n) is 3.69. The van der Waals surface area contributed by atoms with Crippen molar-refractivity contribution >= 4 is 0 Å². The molecular weight excluding hydrogens is 186 g/mol. The van der Waals surface area contributed by atoms with Crippen molar-refractivity contribution in [3.63, 3.8) is 0 Å². The molecule has 1 saturated carbocycles. The lowest BCUT2D eigenvalue weighted by Crippen LogP contribution is -2.38. The van der Waals surface area contributed by atoms with Gasteiger partial charge < -0.3 is 10.1 Å². The molecule has 1 rings (SSSR count). The third-order valence-corrected chi connectivity index (χ3v) is 3.69. The summed E-state index contributed by atoms with van der Waals surface area (Å²) in [6.45, 7) is 5.60. The van der Waals surface area contributed by atoms with E-state index in [0.29, 0.717) is 6.10 Å². The van der Waals surface area contributed by atoms with Gasteiger partial charge in [-0.3, -0.25) is 0 Å². The summed E-state index contributed by atoms with van der Waals surface area (Å²) in [4.78, 5) is 0. The van der Waals surface area contributed by atoms with Crippen molar-refractivity contribution in [2.45, 2.75) is 64.5 Å². The Hall–Kier alpha value is -0.0800. The summed E-state index contributed by atoms with van der Waals surface area (Å²) in [5.41, 5.74) is 0. The lowest BCUT2D eigenvalue weighted by atomic mass is 9.81. The number of nitrogens with one attached hydrogen (secondary N) is 1. The van der Waals surface area contributed by atoms with Crippen LogP contribution in [0.3, 0.4) is 0 Å². The van der Waals surface area contributed by atoms with Gasteiger partial charge in [-0.1, -0.05) is 20.3 Å². The molecule has 0 heterocycles. The number of hydrogen-bond donors (Lipinski definition) is 1. The zero-order valence-electron chi connectivity index (χ0n) is 10.6. The lowest BCUT2D eigenvalue weighted by molar-refractivity contribution is 0.0497. The Morgan fingerprint density at radius 3 is 2.33 bits per heavy atom. The fourth-order valence-electron chi connectivity index (χ4n) is 2.80. The Bertz CT molecular complexity index is 147. The van der Waals surface area contributed by atoms with Gasteiger partial charge in [0.2, 0.25) is 0 Å². The van der Waals surface area contributed by atoms with Crippen LogP contribution in [0.15, 0.2) is 0 Å². The summed E-state index contributed by atoms with van der Waals surface area (Å²) in [6.07, 6.45) is 8.36. The molecule has 0 bridgehead atoms. The first-order valence-electron chi connectivity index (χ1n) is 6.57. The fraction of sp³-hybridized carbons (Fsp3) is 1.00. The minimum Gasteiger partial charge on any atom is -0.381 e. The highest BCUT2D eigenvalue weighted by Gasteiger charge is 2.26. The SMILES string of the molecule is CCCC(NCC)C1CCC(OC)CC1. The molecule has 1 unspecified atom stereocenters. The van der Waals surface area contributed by atoms with Gasteiger partial charge in [-0.05, 0) is 44.6 Å². The number of rotatable bonds is 6. The molecule has 0 aromatic rings. The van der Waals surface area contributed by atoms with E-state index in [0.717, 1.165) is 18.5 Å². The van der Waals surface area contributed by atoms with Gasteiger partial charge in [0.25, 0.3) is 0 Å². The van der Waals surface area contributed by atoms with E-state index in [2.05, 4.69) is 19.2 Å². The number of methoxy groups -OCH3 is 1. The summed E-state index contributed by atoms with van der Waals surface area (Å²) in [7, 11) is 1.85. The summed E-state index contributed by atoms with van der Waals surface area (Å²) in [5.74, 6) is 0.885. The summed E-state index contributed by atoms with van der Waals surface area (Å²) in [5, 5.41) is 3.65. The van der Waals surface area contributed by atoms with Crippen LogP contribution in [0.1, 0.15) is 52.4 Å².